The second-order valence-corrected chi connectivity index (χ2v) is 13.8. The van der Waals surface area contributed by atoms with Gasteiger partial charge in [-0.3, -0.25) is 40.5 Å². The largest absolute Gasteiger partial charge is 0.508 e. The molecule has 28 heteroatoms. The molecule has 74 heavy (non-hydrogen) atoms. The molecule has 6 aromatic carbocycles. The maximum Gasteiger partial charge on any atom is 0.340 e. The molecule has 0 heterocycles. The van der Waals surface area contributed by atoms with E-state index in [4.69, 9.17) is 40.9 Å². The zero-order valence-electron chi connectivity index (χ0n) is 37.4. The van der Waals surface area contributed by atoms with Crippen LogP contribution in [0.2, 0.25) is 0 Å². The van der Waals surface area contributed by atoms with Gasteiger partial charge >= 0.3 is 47.2 Å². The Morgan fingerprint density at radius 3 is 1.22 bits per heavy atom. The van der Waals surface area contributed by atoms with Gasteiger partial charge in [0.1, 0.15) is 28.2 Å². The van der Waals surface area contributed by atoms with E-state index in [-0.39, 0.29) is 41.3 Å². The molecule has 390 valence electrons. The molecule has 0 aliphatic heterocycles. The van der Waals surface area contributed by atoms with E-state index in [9.17, 15) is 79.4 Å². The standard InChI is InChI=1S/C8H7NO5.C8H7NO4.C8H8O2.C7H4N2O7.2C7H6O3.CH4/c1-4-2-5(8(11)12)7(10)6(3-4)9(13)14;1-5-2-3-6(8(10)11)4-7(5)9(12)13;1-6-2-4-7(5-3-6)8(9)10;10-6-4(7(11)12)1-3(8(13)14)2-5(6)9(15)16;8-6-3-1-2-5(4-6)7(9)10;8-6-4-2-1-3-5(6)7(9)10;/h2-3,10H,1H3,(H,11,12);2-4H,1H3,(H,10,11);2-5H,1H3,(H,9,10);1-2,10H,(H,11,12);2*1-4,8H,(H,9,10);1H4. The van der Waals surface area contributed by atoms with Crippen LogP contribution in [0.5, 0.6) is 23.0 Å². The number of non-ortho nitro benzene ring substituents is 1. The number of aryl methyl sites for hydroxylation is 3. The molecule has 0 atom stereocenters. The zero-order chi connectivity index (χ0) is 56.0. The second-order valence-electron chi connectivity index (χ2n) is 13.8. The van der Waals surface area contributed by atoms with Crippen LogP contribution in [0, 0.1) is 61.2 Å². The van der Waals surface area contributed by atoms with Crippen molar-refractivity contribution in [2.24, 2.45) is 0 Å². The van der Waals surface area contributed by atoms with E-state index in [0.29, 0.717) is 28.8 Å². The summed E-state index contributed by atoms with van der Waals surface area (Å²) in [7, 11) is 0. The summed E-state index contributed by atoms with van der Waals surface area (Å²) in [6.07, 6.45) is 0. The van der Waals surface area contributed by atoms with Crippen molar-refractivity contribution in [2.75, 3.05) is 0 Å². The lowest BCUT2D eigenvalue weighted by Gasteiger charge is -2.01. The van der Waals surface area contributed by atoms with E-state index in [0.717, 1.165) is 17.7 Å². The van der Waals surface area contributed by atoms with Crippen molar-refractivity contribution in [3.8, 4) is 23.0 Å². The van der Waals surface area contributed by atoms with E-state index in [2.05, 4.69) is 0 Å². The molecule has 6 rings (SSSR count). The van der Waals surface area contributed by atoms with Crippen molar-refractivity contribution in [1.29, 1.82) is 0 Å². The SMILES string of the molecule is C.Cc1cc(C(=O)O)c(O)c([N+](=O)[O-])c1.Cc1ccc(C(=O)O)cc1.Cc1ccc(C(=O)O)cc1[N+](=O)[O-].O=C(O)c1cc([N+](=O)[O-])cc([N+](=O)[O-])c1O.O=C(O)c1cccc(O)c1.O=C(O)c1ccccc1O. The summed E-state index contributed by atoms with van der Waals surface area (Å²) in [5.41, 5.74) is -1.68. The van der Waals surface area contributed by atoms with Crippen LogP contribution < -0.4 is 0 Å². The van der Waals surface area contributed by atoms with E-state index >= 15 is 0 Å². The Balaban J connectivity index is 0.000000869. The fourth-order valence-corrected chi connectivity index (χ4v) is 5.00. The third-order valence-electron chi connectivity index (χ3n) is 8.55. The Morgan fingerprint density at radius 2 is 0.824 bits per heavy atom. The monoisotopic (exact) mass is 1030 g/mol. The predicted molar refractivity (Wildman–Crippen MR) is 255 cm³/mol. The summed E-state index contributed by atoms with van der Waals surface area (Å²) in [5.74, 6) is -9.41. The number of nitrogens with zero attached hydrogens (tertiary/aromatic N) is 4. The summed E-state index contributed by atoms with van der Waals surface area (Å²) in [5, 5.41) is 129. The first-order valence-corrected chi connectivity index (χ1v) is 19.3. The first-order chi connectivity index (χ1) is 33.9. The molecule has 0 unspecified atom stereocenters. The average Bonchev–Trinajstić information content (AvgIpc) is 3.30. The second kappa shape index (κ2) is 29.1. The molecular weight excluding hydrogens is 993 g/mol. The van der Waals surface area contributed by atoms with Gasteiger partial charge in [-0.2, -0.15) is 0 Å². The molecule has 0 aromatic heterocycles. The highest BCUT2D eigenvalue weighted by molar-refractivity contribution is 5.94. The zero-order valence-corrected chi connectivity index (χ0v) is 37.4. The highest BCUT2D eigenvalue weighted by atomic mass is 16.6. The van der Waals surface area contributed by atoms with Gasteiger partial charge in [-0.1, -0.05) is 49.4 Å². The van der Waals surface area contributed by atoms with Gasteiger partial charge in [0.05, 0.1) is 42.4 Å². The molecule has 28 nitrogen and oxygen atoms in total. The number of aromatic carboxylic acids is 6. The first-order valence-electron chi connectivity index (χ1n) is 19.3. The molecule has 6 aromatic rings. The molecule has 0 radical (unpaired) electrons. The van der Waals surface area contributed by atoms with Crippen LogP contribution in [0.1, 0.15) is 86.3 Å². The van der Waals surface area contributed by atoms with Crippen molar-refractivity contribution in [1.82, 2.24) is 0 Å². The molecule has 10 N–H and O–H groups in total. The smallest absolute Gasteiger partial charge is 0.340 e. The highest BCUT2D eigenvalue weighted by Gasteiger charge is 2.27. The Morgan fingerprint density at radius 1 is 0.392 bits per heavy atom. The highest BCUT2D eigenvalue weighted by Crippen LogP contribution is 2.34. The van der Waals surface area contributed by atoms with Crippen LogP contribution in [0.3, 0.4) is 0 Å². The normalized spacial score (nSPS) is 9.39. The van der Waals surface area contributed by atoms with Crippen LogP contribution >= 0.6 is 0 Å². The van der Waals surface area contributed by atoms with Crippen molar-refractivity contribution in [3.63, 3.8) is 0 Å². The summed E-state index contributed by atoms with van der Waals surface area (Å²) in [4.78, 5) is 100. The maximum absolute atomic E-state index is 10.6. The maximum atomic E-state index is 10.6. The predicted octanol–water partition coefficient (Wildman–Crippen LogP) is 8.33. The van der Waals surface area contributed by atoms with Gasteiger partial charge < -0.3 is 51.1 Å². The number of hydrogen-bond acceptors (Lipinski definition) is 18. The minimum atomic E-state index is -1.69. The number of para-hydroxylation sites is 1. The topological polar surface area (TPSA) is 477 Å². The van der Waals surface area contributed by atoms with Crippen LogP contribution in [0.4, 0.5) is 22.7 Å². The van der Waals surface area contributed by atoms with Crippen LogP contribution in [-0.2, 0) is 0 Å². The molecule has 0 aliphatic carbocycles. The van der Waals surface area contributed by atoms with E-state index in [1.807, 2.05) is 6.92 Å². The van der Waals surface area contributed by atoms with Crippen LogP contribution in [0.15, 0.2) is 115 Å². The first kappa shape index (κ1) is 62.9. The number of phenols is 4. The van der Waals surface area contributed by atoms with Crippen molar-refractivity contribution >= 4 is 58.6 Å². The molecule has 0 aliphatic rings. The number of phenolic OH excluding ortho intramolecular Hbond substituents is 1. The van der Waals surface area contributed by atoms with Gasteiger partial charge in [-0.15, -0.1) is 0 Å². The number of benzene rings is 6. The lowest BCUT2D eigenvalue weighted by atomic mass is 10.1. The van der Waals surface area contributed by atoms with Gasteiger partial charge in [0, 0.05) is 23.8 Å². The molecule has 0 fully saturated rings. The summed E-state index contributed by atoms with van der Waals surface area (Å²) in [6, 6.07) is 25.2. The molecule has 0 saturated carbocycles. The van der Waals surface area contributed by atoms with Gasteiger partial charge in [0.2, 0.25) is 11.5 Å². The van der Waals surface area contributed by atoms with Crippen molar-refractivity contribution in [3.05, 3.63) is 206 Å². The number of carboxylic acids is 6. The Kier molecular flexibility index (Phi) is 24.7. The van der Waals surface area contributed by atoms with Crippen molar-refractivity contribution in [2.45, 2.75) is 28.2 Å². The molecular formula is C46H42N4O24. The Bertz CT molecular complexity index is 3010. The number of nitro groups is 4. The minimum absolute atomic E-state index is 0. The third-order valence-corrected chi connectivity index (χ3v) is 8.55. The number of aromatic hydroxyl groups is 4. The summed E-state index contributed by atoms with van der Waals surface area (Å²) >= 11 is 0. The molecule has 0 amide bonds. The number of nitro benzene ring substituents is 4. The Hall–Kier alpha value is -11.1. The molecule has 0 spiro atoms. The quantitative estimate of drug-likeness (QED) is 0.0455. The van der Waals surface area contributed by atoms with E-state index in [1.165, 1.54) is 61.5 Å². The third kappa shape index (κ3) is 19.9. The van der Waals surface area contributed by atoms with Crippen molar-refractivity contribution < 1.29 is 99.5 Å². The van der Waals surface area contributed by atoms with Gasteiger partial charge in [0.15, 0.2) is 0 Å². The lowest BCUT2D eigenvalue weighted by molar-refractivity contribution is -0.394. The fraction of sp³-hybridized carbons (Fsp3) is 0.0870. The number of carboxylic acid groups (broad SMARTS) is 6. The van der Waals surface area contributed by atoms with Gasteiger partial charge in [0.25, 0.3) is 11.4 Å². The van der Waals surface area contributed by atoms with Crippen LogP contribution in [-0.4, -0.2) is 107 Å². The molecule has 0 bridgehead atoms. The van der Waals surface area contributed by atoms with E-state index in [1.54, 1.807) is 43.3 Å². The lowest BCUT2D eigenvalue weighted by Crippen LogP contribution is -2.02. The number of carbonyl (C=O) groups is 6. The number of hydrogen-bond donors (Lipinski definition) is 10. The van der Waals surface area contributed by atoms with Gasteiger partial charge in [-0.05, 0) is 80.9 Å². The summed E-state index contributed by atoms with van der Waals surface area (Å²) < 4.78 is 0. The fourth-order valence-electron chi connectivity index (χ4n) is 5.00. The van der Waals surface area contributed by atoms with Gasteiger partial charge in [-0.25, -0.2) is 28.8 Å². The summed E-state index contributed by atoms with van der Waals surface area (Å²) in [6.45, 7) is 4.99. The molecule has 0 saturated heterocycles. The van der Waals surface area contributed by atoms with Crippen LogP contribution in [0.25, 0.3) is 0 Å². The minimum Gasteiger partial charge on any atom is -0.508 e. The van der Waals surface area contributed by atoms with E-state index < -0.39 is 95.2 Å². The average molecular weight is 1030 g/mol. The number of rotatable bonds is 10. The Labute approximate surface area is 414 Å².